The topological polar surface area (TPSA) is 11.4 Å². The van der Waals surface area contributed by atoms with Crippen LogP contribution in [0.3, 0.4) is 0 Å². The molecule has 0 bridgehead atoms. The Morgan fingerprint density at radius 2 is 1.53 bits per heavy atom. The van der Waals surface area contributed by atoms with Crippen molar-refractivity contribution < 1.29 is 0 Å². The highest BCUT2D eigenvalue weighted by atomic mass is 15.2. The van der Waals surface area contributed by atoms with Crippen molar-refractivity contribution in [3.8, 4) is 0 Å². The molecule has 1 heterocycles. The molecule has 3 aromatic carbocycles. The van der Waals surface area contributed by atoms with Crippen molar-refractivity contribution in [2.75, 3.05) is 4.90 Å². The number of benzene rings is 3. The minimum Gasteiger partial charge on any atom is -0.365 e. The number of aromatic nitrogens is 1. The Balaban J connectivity index is 0.896. The summed E-state index contributed by atoms with van der Waals surface area (Å²) in [5, 5.41) is 1.49. The third-order valence-electron chi connectivity index (χ3n) is 16.1. The van der Waals surface area contributed by atoms with Gasteiger partial charge in [0.05, 0.1) is 11.6 Å². The molecule has 5 atom stereocenters. The van der Waals surface area contributed by atoms with Gasteiger partial charge in [0.25, 0.3) is 0 Å². The summed E-state index contributed by atoms with van der Waals surface area (Å²) in [5.41, 5.74) is 14.8. The highest BCUT2D eigenvalue weighted by Gasteiger charge is 2.38. The lowest BCUT2D eigenvalue weighted by Gasteiger charge is -2.44. The van der Waals surface area contributed by atoms with E-state index in [9.17, 15) is 0 Å². The SMILES string of the molecule is CC1(n2c3c(c4ccccc42)CCC(N(c2ccc(C4C=CC(N(C5=CCCCC5)C5C=CC(c6ccccc6)=CC5)=C5C=CCCC54)cc2)C2CCCCC2)C3)C=CCCC1. The van der Waals surface area contributed by atoms with Gasteiger partial charge >= 0.3 is 0 Å². The van der Waals surface area contributed by atoms with Crippen LogP contribution in [0.5, 0.6) is 0 Å². The second-order valence-electron chi connectivity index (χ2n) is 19.9. The molecular formula is C59H67N3. The third kappa shape index (κ3) is 7.42. The molecule has 62 heavy (non-hydrogen) atoms. The molecule has 7 aliphatic carbocycles. The maximum Gasteiger partial charge on any atom is 0.0602 e. The van der Waals surface area contributed by atoms with Gasteiger partial charge in [-0.2, -0.15) is 0 Å². The number of anilines is 1. The molecule has 1 fully saturated rings. The molecule has 0 N–H and O–H groups in total. The lowest BCUT2D eigenvalue weighted by molar-refractivity contribution is 0.335. The van der Waals surface area contributed by atoms with Gasteiger partial charge in [-0.15, -0.1) is 0 Å². The standard InChI is InChI=1S/C59H67N3/c1-59(40-16-5-17-41-59)62-57-27-15-14-26-54(57)55-37-36-50(42-58(55)62)60(46-20-8-3-9-21-46)48-34-30-45(31-35-48)51-38-39-56(53-25-13-12-24-52(51)53)61(47-22-10-4-11-23-47)49-32-28-44(29-33-49)43-18-6-2-7-19-43/h2,6-7,13-16,18-19,22,25-32,34-35,38-40,46,49-52H,3-5,8-12,17,20-21,23-24,33,36-37,41-42H2,1H3. The molecular weight excluding hydrogens is 751 g/mol. The summed E-state index contributed by atoms with van der Waals surface area (Å²) in [6.45, 7) is 2.50. The van der Waals surface area contributed by atoms with Crippen molar-refractivity contribution in [3.63, 3.8) is 0 Å². The molecule has 0 saturated heterocycles. The molecule has 4 aromatic rings. The first kappa shape index (κ1) is 39.8. The molecule has 5 unspecified atom stereocenters. The van der Waals surface area contributed by atoms with E-state index in [0.717, 1.165) is 19.3 Å². The van der Waals surface area contributed by atoms with E-state index in [-0.39, 0.29) is 5.54 Å². The number of nitrogens with zero attached hydrogens (tertiary/aromatic N) is 3. The molecule has 0 aliphatic heterocycles. The van der Waals surface area contributed by atoms with E-state index in [2.05, 4.69) is 161 Å². The van der Waals surface area contributed by atoms with Crippen LogP contribution in [0.25, 0.3) is 16.5 Å². The smallest absolute Gasteiger partial charge is 0.0602 e. The van der Waals surface area contributed by atoms with Crippen molar-refractivity contribution in [1.82, 2.24) is 9.47 Å². The number of fused-ring (bicyclic) bond motifs is 4. The summed E-state index contributed by atoms with van der Waals surface area (Å²) < 4.78 is 2.80. The fraction of sp³-hybridized carbons (Fsp3) is 0.424. The highest BCUT2D eigenvalue weighted by molar-refractivity contribution is 5.86. The van der Waals surface area contributed by atoms with E-state index in [4.69, 9.17) is 0 Å². The summed E-state index contributed by atoms with van der Waals surface area (Å²) >= 11 is 0. The summed E-state index contributed by atoms with van der Waals surface area (Å²) in [6.07, 6.45) is 47.3. The molecule has 3 heteroatoms. The predicted octanol–water partition coefficient (Wildman–Crippen LogP) is 14.8. The second kappa shape index (κ2) is 17.3. The number of aryl methyl sites for hydroxylation is 1. The molecule has 11 rings (SSSR count). The van der Waals surface area contributed by atoms with Gasteiger partial charge in [-0.05, 0) is 155 Å². The quantitative estimate of drug-likeness (QED) is 0.156. The monoisotopic (exact) mass is 818 g/mol. The van der Waals surface area contributed by atoms with Crippen LogP contribution in [-0.4, -0.2) is 27.6 Å². The predicted molar refractivity (Wildman–Crippen MR) is 261 cm³/mol. The Hall–Kier alpha value is -5.02. The van der Waals surface area contributed by atoms with Gasteiger partial charge in [0.2, 0.25) is 0 Å². The van der Waals surface area contributed by atoms with Crippen LogP contribution in [0.4, 0.5) is 5.69 Å². The zero-order chi connectivity index (χ0) is 41.5. The first-order chi connectivity index (χ1) is 30.6. The van der Waals surface area contributed by atoms with E-state index >= 15 is 0 Å². The fourth-order valence-corrected chi connectivity index (χ4v) is 13.1. The first-order valence-electron chi connectivity index (χ1n) is 24.8. The molecule has 0 amide bonds. The van der Waals surface area contributed by atoms with E-state index in [1.807, 2.05) is 0 Å². The van der Waals surface area contributed by atoms with E-state index in [1.165, 1.54) is 141 Å². The average Bonchev–Trinajstić information content (AvgIpc) is 3.68. The molecule has 0 spiro atoms. The summed E-state index contributed by atoms with van der Waals surface area (Å²) in [5.74, 6) is 0.880. The maximum atomic E-state index is 2.95. The van der Waals surface area contributed by atoms with Gasteiger partial charge in [-0.1, -0.05) is 135 Å². The fourth-order valence-electron chi connectivity index (χ4n) is 13.1. The van der Waals surface area contributed by atoms with Crippen LogP contribution in [0.2, 0.25) is 0 Å². The van der Waals surface area contributed by atoms with Gasteiger partial charge in [-0.3, -0.25) is 0 Å². The maximum absolute atomic E-state index is 2.95. The molecule has 3 nitrogen and oxygen atoms in total. The Kier molecular flexibility index (Phi) is 11.1. The Morgan fingerprint density at radius 1 is 0.677 bits per heavy atom. The number of para-hydroxylation sites is 1. The third-order valence-corrected chi connectivity index (χ3v) is 16.1. The minimum atomic E-state index is 0.0417. The Bertz CT molecular complexity index is 2480. The molecule has 7 aliphatic rings. The second-order valence-corrected chi connectivity index (χ2v) is 19.9. The van der Waals surface area contributed by atoms with Gasteiger partial charge < -0.3 is 14.4 Å². The van der Waals surface area contributed by atoms with Crippen molar-refractivity contribution in [3.05, 3.63) is 179 Å². The van der Waals surface area contributed by atoms with Crippen molar-refractivity contribution >= 4 is 22.2 Å². The zero-order valence-corrected chi connectivity index (χ0v) is 37.2. The van der Waals surface area contributed by atoms with Crippen molar-refractivity contribution in [1.29, 1.82) is 0 Å². The van der Waals surface area contributed by atoms with Crippen LogP contribution in [0.15, 0.2) is 157 Å². The average molecular weight is 818 g/mol. The van der Waals surface area contributed by atoms with Crippen LogP contribution >= 0.6 is 0 Å². The number of hydrogen-bond donors (Lipinski definition) is 0. The van der Waals surface area contributed by atoms with Crippen molar-refractivity contribution in [2.24, 2.45) is 5.92 Å². The number of rotatable bonds is 9. The van der Waals surface area contributed by atoms with Gasteiger partial charge in [0, 0.05) is 58.1 Å². The van der Waals surface area contributed by atoms with E-state index in [1.54, 1.807) is 16.8 Å². The van der Waals surface area contributed by atoms with Crippen LogP contribution in [0, 0.1) is 5.92 Å². The van der Waals surface area contributed by atoms with Crippen LogP contribution < -0.4 is 4.90 Å². The number of allylic oxidation sites excluding steroid dienone is 11. The Labute approximate surface area is 372 Å². The van der Waals surface area contributed by atoms with Gasteiger partial charge in [-0.25, -0.2) is 0 Å². The van der Waals surface area contributed by atoms with E-state index in [0.29, 0.717) is 30.0 Å². The highest BCUT2D eigenvalue weighted by Crippen LogP contribution is 2.47. The molecule has 318 valence electrons. The lowest BCUT2D eigenvalue weighted by atomic mass is 9.72. The summed E-state index contributed by atoms with van der Waals surface area (Å²) in [6, 6.07) is 31.8. The summed E-state index contributed by atoms with van der Waals surface area (Å²) in [7, 11) is 0. The van der Waals surface area contributed by atoms with Crippen LogP contribution in [-0.2, 0) is 18.4 Å². The molecule has 0 radical (unpaired) electrons. The van der Waals surface area contributed by atoms with Crippen LogP contribution in [0.1, 0.15) is 138 Å². The largest absolute Gasteiger partial charge is 0.365 e. The lowest BCUT2D eigenvalue weighted by Crippen LogP contribution is -2.47. The van der Waals surface area contributed by atoms with Gasteiger partial charge in [0.1, 0.15) is 0 Å². The minimum absolute atomic E-state index is 0.0417. The Morgan fingerprint density at radius 3 is 2.32 bits per heavy atom. The number of hydrogen-bond acceptors (Lipinski definition) is 2. The zero-order valence-electron chi connectivity index (χ0n) is 37.2. The normalized spacial score (nSPS) is 27.4. The molecule has 1 saturated carbocycles. The van der Waals surface area contributed by atoms with E-state index < -0.39 is 0 Å². The molecule has 1 aromatic heterocycles. The van der Waals surface area contributed by atoms with Crippen molar-refractivity contribution in [2.45, 2.75) is 152 Å². The summed E-state index contributed by atoms with van der Waals surface area (Å²) in [4.78, 5) is 5.70. The first-order valence-corrected chi connectivity index (χ1v) is 24.8. The van der Waals surface area contributed by atoms with Gasteiger partial charge in [0.15, 0.2) is 0 Å².